The third kappa shape index (κ3) is 3.30. The molecule has 0 atom stereocenters. The molecule has 2 aliphatic heterocycles. The number of rotatable bonds is 5. The average Bonchev–Trinajstić information content (AvgIpc) is 3.72. The summed E-state index contributed by atoms with van der Waals surface area (Å²) in [6, 6.07) is 17.3. The van der Waals surface area contributed by atoms with Crippen LogP contribution in [0.5, 0.6) is 0 Å². The van der Waals surface area contributed by atoms with Crippen LogP contribution in [0, 0.1) is 18.8 Å². The van der Waals surface area contributed by atoms with Crippen LogP contribution in [0.3, 0.4) is 0 Å². The van der Waals surface area contributed by atoms with Crippen molar-refractivity contribution in [1.29, 1.82) is 0 Å². The van der Waals surface area contributed by atoms with E-state index in [0.29, 0.717) is 18.4 Å². The fourth-order valence-electron chi connectivity index (χ4n) is 5.37. The number of carbonyl (C=O) groups is 2. The van der Waals surface area contributed by atoms with E-state index in [1.54, 1.807) is 0 Å². The Morgan fingerprint density at radius 3 is 2.44 bits per heavy atom. The Kier molecular flexibility index (Phi) is 4.35. The first-order valence-corrected chi connectivity index (χ1v) is 13.1. The Balaban J connectivity index is 1.11. The highest BCUT2D eigenvalue weighted by atomic mass is 32.1. The van der Waals surface area contributed by atoms with Gasteiger partial charge in [-0.1, -0.05) is 30.3 Å². The minimum Gasteiger partial charge on any atom is -0.342 e. The number of amides is 2. The van der Waals surface area contributed by atoms with Gasteiger partial charge in [0, 0.05) is 46.6 Å². The van der Waals surface area contributed by atoms with Crippen LogP contribution in [0.2, 0.25) is 0 Å². The second-order valence-electron chi connectivity index (χ2n) is 10.5. The fraction of sp³-hybridized carbons (Fsp3) is 0.393. The molecule has 0 bridgehead atoms. The Hall–Kier alpha value is -2.99. The van der Waals surface area contributed by atoms with Gasteiger partial charge in [0.1, 0.15) is 11.4 Å². The van der Waals surface area contributed by atoms with Gasteiger partial charge in [0.05, 0.1) is 0 Å². The van der Waals surface area contributed by atoms with E-state index in [9.17, 15) is 9.59 Å². The number of aliphatic imine (C=N–C) groups is 1. The van der Waals surface area contributed by atoms with E-state index < -0.39 is 5.54 Å². The highest BCUT2D eigenvalue weighted by Gasteiger charge is 2.57. The van der Waals surface area contributed by atoms with Gasteiger partial charge < -0.3 is 4.90 Å². The van der Waals surface area contributed by atoms with Crippen molar-refractivity contribution in [2.75, 3.05) is 19.6 Å². The average molecular weight is 470 g/mol. The lowest BCUT2D eigenvalue weighted by Gasteiger charge is -2.41. The predicted molar refractivity (Wildman–Crippen MR) is 135 cm³/mol. The summed E-state index contributed by atoms with van der Waals surface area (Å²) in [6.07, 6.45) is 3.78. The van der Waals surface area contributed by atoms with Crippen molar-refractivity contribution in [3.8, 4) is 11.1 Å². The molecule has 6 heteroatoms. The van der Waals surface area contributed by atoms with Crippen LogP contribution in [0.15, 0.2) is 53.5 Å². The predicted octanol–water partition coefficient (Wildman–Crippen LogP) is 4.87. The second kappa shape index (κ2) is 7.25. The molecule has 1 spiro atoms. The van der Waals surface area contributed by atoms with E-state index in [2.05, 4.69) is 55.5 Å². The highest BCUT2D eigenvalue weighted by molar-refractivity contribution is 7.19. The van der Waals surface area contributed by atoms with E-state index in [0.717, 1.165) is 50.2 Å². The van der Waals surface area contributed by atoms with E-state index in [1.165, 1.54) is 26.1 Å². The quantitative estimate of drug-likeness (QED) is 0.536. The SMILES string of the molecule is Cc1cc2cc(-c3ccc(C4=NC5(CC5)C(=O)N4CC4CN(C(=O)C5CC5)C4)cc3)ccc2s1. The lowest BCUT2D eigenvalue weighted by atomic mass is 9.97. The maximum atomic E-state index is 13.2. The van der Waals surface area contributed by atoms with Crippen molar-refractivity contribution in [1.82, 2.24) is 9.80 Å². The first-order chi connectivity index (χ1) is 16.5. The normalized spacial score (nSPS) is 21.3. The van der Waals surface area contributed by atoms with Crippen LogP contribution < -0.4 is 0 Å². The standard InChI is InChI=1S/C28H27N3O2S/c1-17-12-23-13-22(8-9-24(23)34-17)19-2-4-20(5-3-19)25-29-28(10-11-28)27(33)31(25)16-18-14-30(15-18)26(32)21-6-7-21/h2-5,8-9,12-13,18,21H,6-7,10-11,14-16H2,1H3. The van der Waals surface area contributed by atoms with Crippen molar-refractivity contribution in [2.24, 2.45) is 16.8 Å². The van der Waals surface area contributed by atoms with Crippen LogP contribution in [-0.4, -0.2) is 52.6 Å². The summed E-state index contributed by atoms with van der Waals surface area (Å²) in [5.74, 6) is 1.87. The lowest BCUT2D eigenvalue weighted by molar-refractivity contribution is -0.139. The van der Waals surface area contributed by atoms with E-state index in [-0.39, 0.29) is 11.8 Å². The highest BCUT2D eigenvalue weighted by Crippen LogP contribution is 2.46. The van der Waals surface area contributed by atoms with Crippen molar-refractivity contribution < 1.29 is 9.59 Å². The molecule has 2 saturated carbocycles. The van der Waals surface area contributed by atoms with Crippen LogP contribution in [0.4, 0.5) is 0 Å². The molecule has 1 aromatic heterocycles. The number of thiophene rings is 1. The van der Waals surface area contributed by atoms with E-state index in [1.807, 2.05) is 21.1 Å². The minimum absolute atomic E-state index is 0.150. The summed E-state index contributed by atoms with van der Waals surface area (Å²) in [5, 5.41) is 1.28. The topological polar surface area (TPSA) is 53.0 Å². The molecule has 2 aliphatic carbocycles. The van der Waals surface area contributed by atoms with Gasteiger partial charge in [0.25, 0.3) is 5.91 Å². The summed E-state index contributed by atoms with van der Waals surface area (Å²) in [7, 11) is 0. The third-order valence-electron chi connectivity index (χ3n) is 7.69. The van der Waals surface area contributed by atoms with Gasteiger partial charge in [-0.25, -0.2) is 0 Å². The number of aryl methyl sites for hydroxylation is 1. The molecule has 7 rings (SSSR count). The van der Waals surface area contributed by atoms with Gasteiger partial charge in [-0.2, -0.15) is 0 Å². The Morgan fingerprint density at radius 2 is 1.74 bits per heavy atom. The molecule has 3 heterocycles. The Labute approximate surface area is 203 Å². The summed E-state index contributed by atoms with van der Waals surface area (Å²) >= 11 is 1.82. The molecule has 34 heavy (non-hydrogen) atoms. The van der Waals surface area contributed by atoms with Gasteiger partial charge in [0.2, 0.25) is 5.91 Å². The molecule has 172 valence electrons. The van der Waals surface area contributed by atoms with Gasteiger partial charge >= 0.3 is 0 Å². The molecule has 3 aromatic rings. The number of hydrogen-bond donors (Lipinski definition) is 0. The Bertz CT molecular complexity index is 1360. The van der Waals surface area contributed by atoms with Crippen molar-refractivity contribution in [3.05, 3.63) is 59.0 Å². The molecule has 0 N–H and O–H groups in total. The first kappa shape index (κ1) is 20.4. The van der Waals surface area contributed by atoms with Crippen molar-refractivity contribution in [3.63, 3.8) is 0 Å². The maximum Gasteiger partial charge on any atom is 0.256 e. The molecule has 5 nitrogen and oxygen atoms in total. The summed E-state index contributed by atoms with van der Waals surface area (Å²) in [6.45, 7) is 4.34. The summed E-state index contributed by atoms with van der Waals surface area (Å²) in [4.78, 5) is 35.6. The number of fused-ring (bicyclic) bond motifs is 1. The van der Waals surface area contributed by atoms with Gasteiger partial charge in [0.15, 0.2) is 0 Å². The monoisotopic (exact) mass is 469 g/mol. The number of carbonyl (C=O) groups excluding carboxylic acids is 2. The van der Waals surface area contributed by atoms with Gasteiger partial charge in [-0.15, -0.1) is 11.3 Å². The summed E-state index contributed by atoms with van der Waals surface area (Å²) in [5.41, 5.74) is 2.86. The molecule has 0 radical (unpaired) electrons. The zero-order chi connectivity index (χ0) is 23.0. The van der Waals surface area contributed by atoms with Crippen molar-refractivity contribution >= 4 is 39.1 Å². The smallest absolute Gasteiger partial charge is 0.256 e. The van der Waals surface area contributed by atoms with Gasteiger partial charge in [-0.05, 0) is 67.3 Å². The molecule has 2 aromatic carbocycles. The maximum absolute atomic E-state index is 13.2. The third-order valence-corrected chi connectivity index (χ3v) is 8.73. The second-order valence-corrected chi connectivity index (χ2v) is 11.7. The molecular weight excluding hydrogens is 442 g/mol. The number of nitrogens with zero attached hydrogens (tertiary/aromatic N) is 3. The van der Waals surface area contributed by atoms with Crippen LogP contribution in [0.1, 0.15) is 36.1 Å². The molecule has 3 fully saturated rings. The van der Waals surface area contributed by atoms with Crippen LogP contribution in [-0.2, 0) is 9.59 Å². The van der Waals surface area contributed by atoms with E-state index in [4.69, 9.17) is 4.99 Å². The summed E-state index contributed by atoms with van der Waals surface area (Å²) < 4.78 is 1.32. The minimum atomic E-state index is -0.511. The van der Waals surface area contributed by atoms with Gasteiger partial charge in [-0.3, -0.25) is 19.5 Å². The lowest BCUT2D eigenvalue weighted by Crippen LogP contribution is -2.55. The Morgan fingerprint density at radius 1 is 1.03 bits per heavy atom. The molecule has 1 saturated heterocycles. The molecule has 4 aliphatic rings. The van der Waals surface area contributed by atoms with Crippen molar-refractivity contribution in [2.45, 2.75) is 38.1 Å². The first-order valence-electron chi connectivity index (χ1n) is 12.3. The molecular formula is C28H27N3O2S. The zero-order valence-electron chi connectivity index (χ0n) is 19.3. The number of likely N-dealkylation sites (tertiary alicyclic amines) is 1. The van der Waals surface area contributed by atoms with E-state index >= 15 is 0 Å². The zero-order valence-corrected chi connectivity index (χ0v) is 20.1. The number of hydrogen-bond acceptors (Lipinski definition) is 4. The number of benzene rings is 2. The van der Waals surface area contributed by atoms with Crippen LogP contribution >= 0.6 is 11.3 Å². The molecule has 2 amide bonds. The van der Waals surface area contributed by atoms with Crippen LogP contribution in [0.25, 0.3) is 21.2 Å². The largest absolute Gasteiger partial charge is 0.342 e. The number of amidine groups is 1. The fourth-order valence-corrected chi connectivity index (χ4v) is 6.28. The molecule has 0 unspecified atom stereocenters.